The van der Waals surface area contributed by atoms with Gasteiger partial charge >= 0.3 is 0 Å². The molecule has 0 amide bonds. The highest BCUT2D eigenvalue weighted by Gasteiger charge is 2.21. The minimum atomic E-state index is -0.411. The third-order valence-corrected chi connectivity index (χ3v) is 3.78. The molecule has 1 N–H and O–H groups in total. The van der Waals surface area contributed by atoms with Crippen LogP contribution in [0.25, 0.3) is 0 Å². The van der Waals surface area contributed by atoms with Gasteiger partial charge in [-0.05, 0) is 37.1 Å². The maximum absolute atomic E-state index is 13.0. The highest BCUT2D eigenvalue weighted by molar-refractivity contribution is 6.32. The van der Waals surface area contributed by atoms with Crippen molar-refractivity contribution < 1.29 is 9.13 Å². The lowest BCUT2D eigenvalue weighted by Crippen LogP contribution is -2.16. The summed E-state index contributed by atoms with van der Waals surface area (Å²) in [5, 5.41) is 4.13. The van der Waals surface area contributed by atoms with Gasteiger partial charge in [-0.1, -0.05) is 23.2 Å². The SMILES string of the molecule is Fc1ccc(Oc2ccc(Cl)c(CNC3CC3)n2)c(Cl)c1. The number of ether oxygens (including phenoxy) is 1. The molecule has 1 aromatic carbocycles. The van der Waals surface area contributed by atoms with E-state index in [0.29, 0.717) is 29.2 Å². The van der Waals surface area contributed by atoms with Gasteiger partial charge in [0, 0.05) is 18.7 Å². The highest BCUT2D eigenvalue weighted by atomic mass is 35.5. The van der Waals surface area contributed by atoms with E-state index in [9.17, 15) is 4.39 Å². The lowest BCUT2D eigenvalue weighted by molar-refractivity contribution is 0.458. The van der Waals surface area contributed by atoms with Crippen LogP contribution in [0.2, 0.25) is 10.0 Å². The summed E-state index contributed by atoms with van der Waals surface area (Å²) in [4.78, 5) is 4.36. The third-order valence-electron chi connectivity index (χ3n) is 3.14. The summed E-state index contributed by atoms with van der Waals surface area (Å²) in [7, 11) is 0. The van der Waals surface area contributed by atoms with Crippen molar-refractivity contribution in [2.45, 2.75) is 25.4 Å². The van der Waals surface area contributed by atoms with Crippen molar-refractivity contribution in [2.75, 3.05) is 0 Å². The molecular weight excluding hydrogens is 314 g/mol. The zero-order valence-electron chi connectivity index (χ0n) is 11.1. The van der Waals surface area contributed by atoms with Crippen LogP contribution in [0.5, 0.6) is 11.6 Å². The smallest absolute Gasteiger partial charge is 0.219 e. The molecule has 6 heteroatoms. The van der Waals surface area contributed by atoms with Gasteiger partial charge in [0.25, 0.3) is 0 Å². The molecule has 0 spiro atoms. The molecule has 1 aliphatic carbocycles. The Labute approximate surface area is 132 Å². The van der Waals surface area contributed by atoms with Gasteiger partial charge < -0.3 is 10.1 Å². The summed E-state index contributed by atoms with van der Waals surface area (Å²) in [6.07, 6.45) is 2.39. The fourth-order valence-electron chi connectivity index (χ4n) is 1.84. The summed E-state index contributed by atoms with van der Waals surface area (Å²) in [6.45, 7) is 0.595. The molecule has 1 heterocycles. The van der Waals surface area contributed by atoms with Gasteiger partial charge in [-0.15, -0.1) is 0 Å². The number of hydrogen-bond donors (Lipinski definition) is 1. The monoisotopic (exact) mass is 326 g/mol. The number of rotatable bonds is 5. The van der Waals surface area contributed by atoms with Crippen LogP contribution in [0.1, 0.15) is 18.5 Å². The summed E-state index contributed by atoms with van der Waals surface area (Å²) in [5.74, 6) is 0.320. The number of aromatic nitrogens is 1. The minimum Gasteiger partial charge on any atom is -0.437 e. The van der Waals surface area contributed by atoms with Crippen LogP contribution in [-0.2, 0) is 6.54 Å². The maximum atomic E-state index is 13.0. The molecule has 0 atom stereocenters. The van der Waals surface area contributed by atoms with Crippen molar-refractivity contribution in [3.05, 3.63) is 51.9 Å². The molecule has 1 saturated carbocycles. The maximum Gasteiger partial charge on any atom is 0.219 e. The van der Waals surface area contributed by atoms with Crippen molar-refractivity contribution in [3.8, 4) is 11.6 Å². The minimum absolute atomic E-state index is 0.199. The lowest BCUT2D eigenvalue weighted by Gasteiger charge is -2.10. The molecule has 3 rings (SSSR count). The molecule has 0 aliphatic heterocycles. The first-order valence-corrected chi connectivity index (χ1v) is 7.39. The first-order chi connectivity index (χ1) is 10.1. The molecule has 1 aromatic heterocycles. The van der Waals surface area contributed by atoms with Crippen molar-refractivity contribution in [2.24, 2.45) is 0 Å². The predicted molar refractivity (Wildman–Crippen MR) is 80.6 cm³/mol. The van der Waals surface area contributed by atoms with Gasteiger partial charge in [0.15, 0.2) is 0 Å². The normalized spacial score (nSPS) is 14.2. The zero-order chi connectivity index (χ0) is 14.8. The Morgan fingerprint density at radius 2 is 2.00 bits per heavy atom. The summed E-state index contributed by atoms with van der Waals surface area (Å²) in [6, 6.07) is 7.90. The number of benzene rings is 1. The number of nitrogens with zero attached hydrogens (tertiary/aromatic N) is 1. The lowest BCUT2D eigenvalue weighted by atomic mass is 10.3. The van der Waals surface area contributed by atoms with Gasteiger partial charge in [0.1, 0.15) is 11.6 Å². The Morgan fingerprint density at radius 1 is 1.19 bits per heavy atom. The Balaban J connectivity index is 1.76. The fraction of sp³-hybridized carbons (Fsp3) is 0.267. The molecular formula is C15H13Cl2FN2O. The molecule has 0 radical (unpaired) electrons. The van der Waals surface area contributed by atoms with Crippen LogP contribution in [0, 0.1) is 5.82 Å². The van der Waals surface area contributed by atoms with Crippen LogP contribution >= 0.6 is 23.2 Å². The predicted octanol–water partition coefficient (Wildman–Crippen LogP) is 4.57. The van der Waals surface area contributed by atoms with E-state index in [-0.39, 0.29) is 5.02 Å². The van der Waals surface area contributed by atoms with Crippen molar-refractivity contribution >= 4 is 23.2 Å². The van der Waals surface area contributed by atoms with E-state index >= 15 is 0 Å². The first-order valence-electron chi connectivity index (χ1n) is 6.63. The number of halogens is 3. The Bertz CT molecular complexity index is 662. The van der Waals surface area contributed by atoms with Crippen LogP contribution in [0.15, 0.2) is 30.3 Å². The van der Waals surface area contributed by atoms with Crippen molar-refractivity contribution in [1.29, 1.82) is 0 Å². The van der Waals surface area contributed by atoms with Gasteiger partial charge in [0.05, 0.1) is 15.7 Å². The van der Waals surface area contributed by atoms with E-state index in [4.69, 9.17) is 27.9 Å². The number of pyridine rings is 1. The number of hydrogen-bond acceptors (Lipinski definition) is 3. The van der Waals surface area contributed by atoms with Crippen LogP contribution < -0.4 is 10.1 Å². The van der Waals surface area contributed by atoms with Gasteiger partial charge in [-0.25, -0.2) is 9.37 Å². The molecule has 1 aliphatic rings. The summed E-state index contributed by atoms with van der Waals surface area (Å²) >= 11 is 12.1. The molecule has 3 nitrogen and oxygen atoms in total. The standard InChI is InChI=1S/C15H13Cl2FN2O/c16-11-4-6-15(20-13(11)8-19-10-2-3-10)21-14-5-1-9(18)7-12(14)17/h1,4-7,10,19H,2-3,8H2. The quantitative estimate of drug-likeness (QED) is 0.873. The highest BCUT2D eigenvalue weighted by Crippen LogP contribution is 2.30. The summed E-state index contributed by atoms with van der Waals surface area (Å²) < 4.78 is 18.6. The van der Waals surface area contributed by atoms with Crippen LogP contribution in [0.4, 0.5) is 4.39 Å². The Morgan fingerprint density at radius 3 is 2.71 bits per heavy atom. The molecule has 0 saturated heterocycles. The van der Waals surface area contributed by atoms with E-state index in [2.05, 4.69) is 10.3 Å². The van der Waals surface area contributed by atoms with Gasteiger partial charge in [-0.2, -0.15) is 0 Å². The molecule has 0 unspecified atom stereocenters. The second-order valence-corrected chi connectivity index (χ2v) is 5.72. The molecule has 2 aromatic rings. The van der Waals surface area contributed by atoms with E-state index in [1.165, 1.54) is 31.0 Å². The van der Waals surface area contributed by atoms with Gasteiger partial charge in [0.2, 0.25) is 5.88 Å². The molecule has 110 valence electrons. The van der Waals surface area contributed by atoms with Crippen molar-refractivity contribution in [1.82, 2.24) is 10.3 Å². The second kappa shape index (κ2) is 6.18. The van der Waals surface area contributed by atoms with E-state index in [0.717, 1.165) is 5.69 Å². The Kier molecular flexibility index (Phi) is 4.29. The van der Waals surface area contributed by atoms with E-state index in [1.54, 1.807) is 12.1 Å². The topological polar surface area (TPSA) is 34.1 Å². The van der Waals surface area contributed by atoms with Gasteiger partial charge in [-0.3, -0.25) is 0 Å². The zero-order valence-corrected chi connectivity index (χ0v) is 12.6. The second-order valence-electron chi connectivity index (χ2n) is 4.91. The number of nitrogens with one attached hydrogen (secondary N) is 1. The van der Waals surface area contributed by atoms with Crippen LogP contribution in [-0.4, -0.2) is 11.0 Å². The third kappa shape index (κ3) is 3.84. The average molecular weight is 327 g/mol. The average Bonchev–Trinajstić information content (AvgIpc) is 3.26. The largest absolute Gasteiger partial charge is 0.437 e. The van der Waals surface area contributed by atoms with Crippen molar-refractivity contribution in [3.63, 3.8) is 0 Å². The molecule has 21 heavy (non-hydrogen) atoms. The Hall–Kier alpha value is -1.36. The fourth-order valence-corrected chi connectivity index (χ4v) is 2.22. The molecule has 1 fully saturated rings. The van der Waals surface area contributed by atoms with Crippen LogP contribution in [0.3, 0.4) is 0 Å². The molecule has 0 bridgehead atoms. The van der Waals surface area contributed by atoms with E-state index < -0.39 is 5.82 Å². The summed E-state index contributed by atoms with van der Waals surface area (Å²) in [5.41, 5.74) is 0.722. The first kappa shape index (κ1) is 14.6. The van der Waals surface area contributed by atoms with E-state index in [1.807, 2.05) is 0 Å².